The topological polar surface area (TPSA) is 58.4 Å². The molecular weight excluding hydrogens is 246 g/mol. The maximum absolute atomic E-state index is 11.9. The summed E-state index contributed by atoms with van der Waals surface area (Å²) < 4.78 is 0. The van der Waals surface area contributed by atoms with Gasteiger partial charge in [-0.1, -0.05) is 6.07 Å². The summed E-state index contributed by atoms with van der Waals surface area (Å²) in [5.74, 6) is 0.673. The number of rotatable bonds is 5. The Balaban J connectivity index is 2.26. The van der Waals surface area contributed by atoms with Crippen LogP contribution in [0.15, 0.2) is 23.1 Å². The van der Waals surface area contributed by atoms with Gasteiger partial charge in [0.1, 0.15) is 0 Å². The van der Waals surface area contributed by atoms with Crippen LogP contribution in [-0.2, 0) is 11.2 Å². The lowest BCUT2D eigenvalue weighted by molar-refractivity contribution is -0.116. The van der Waals surface area contributed by atoms with Gasteiger partial charge in [-0.3, -0.25) is 4.79 Å². The maximum Gasteiger partial charge on any atom is 0.237 e. The molecule has 1 aromatic carbocycles. The molecule has 0 fully saturated rings. The molecule has 4 nitrogen and oxygen atoms in total. The number of fused-ring (bicyclic) bond motifs is 1. The molecule has 18 heavy (non-hydrogen) atoms. The predicted octanol–water partition coefficient (Wildman–Crippen LogP) is 0.846. The molecule has 5 heteroatoms. The Morgan fingerprint density at radius 2 is 2.33 bits per heavy atom. The van der Waals surface area contributed by atoms with Crippen molar-refractivity contribution in [1.29, 1.82) is 0 Å². The number of hydrogen-bond donors (Lipinski definition) is 2. The first-order chi connectivity index (χ1) is 8.76. The van der Waals surface area contributed by atoms with Crippen LogP contribution >= 0.6 is 11.8 Å². The molecule has 0 saturated carbocycles. The Hall–Kier alpha value is -1.04. The minimum absolute atomic E-state index is 0.156. The van der Waals surface area contributed by atoms with Crippen molar-refractivity contribution in [3.63, 3.8) is 0 Å². The molecule has 1 aromatic rings. The molecule has 0 unspecified atom stereocenters. The predicted molar refractivity (Wildman–Crippen MR) is 76.2 cm³/mol. The number of hydrogen-bond acceptors (Lipinski definition) is 4. The van der Waals surface area contributed by atoms with E-state index in [1.165, 1.54) is 10.5 Å². The van der Waals surface area contributed by atoms with Crippen molar-refractivity contribution in [2.45, 2.75) is 11.3 Å². The lowest BCUT2D eigenvalue weighted by Crippen LogP contribution is -2.39. The monoisotopic (exact) mass is 265 g/mol. The molecule has 1 aliphatic rings. The van der Waals surface area contributed by atoms with Crippen LogP contribution in [0.2, 0.25) is 0 Å². The van der Waals surface area contributed by atoms with Gasteiger partial charge < -0.3 is 16.0 Å². The van der Waals surface area contributed by atoms with Crippen molar-refractivity contribution in [3.05, 3.63) is 23.8 Å². The van der Waals surface area contributed by atoms with Crippen LogP contribution in [0.1, 0.15) is 5.56 Å². The number of amides is 1. The van der Waals surface area contributed by atoms with Crippen molar-refractivity contribution < 1.29 is 4.79 Å². The van der Waals surface area contributed by atoms with Gasteiger partial charge in [0, 0.05) is 18.0 Å². The van der Waals surface area contributed by atoms with Gasteiger partial charge in [0.05, 0.1) is 11.4 Å². The molecule has 1 amide bonds. The zero-order valence-electron chi connectivity index (χ0n) is 10.6. The van der Waals surface area contributed by atoms with Crippen molar-refractivity contribution in [2.24, 2.45) is 5.73 Å². The number of benzene rings is 1. The largest absolute Gasteiger partial charge is 0.329 e. The summed E-state index contributed by atoms with van der Waals surface area (Å²) in [6.45, 7) is 2.04. The third-order valence-electron chi connectivity index (χ3n) is 2.98. The zero-order chi connectivity index (χ0) is 13.0. The van der Waals surface area contributed by atoms with E-state index >= 15 is 0 Å². The van der Waals surface area contributed by atoms with E-state index in [0.29, 0.717) is 18.8 Å². The Kier molecular flexibility index (Phi) is 4.63. The molecule has 98 valence electrons. The smallest absolute Gasteiger partial charge is 0.237 e. The van der Waals surface area contributed by atoms with Gasteiger partial charge in [-0.25, -0.2) is 0 Å². The second-order valence-corrected chi connectivity index (χ2v) is 5.30. The molecule has 0 spiro atoms. The molecule has 3 N–H and O–H groups in total. The molecule has 0 saturated heterocycles. The van der Waals surface area contributed by atoms with Crippen LogP contribution in [0.5, 0.6) is 0 Å². The summed E-state index contributed by atoms with van der Waals surface area (Å²) in [5.41, 5.74) is 7.86. The van der Waals surface area contributed by atoms with Gasteiger partial charge in [-0.15, -0.1) is 11.8 Å². The van der Waals surface area contributed by atoms with Gasteiger partial charge in [-0.05, 0) is 37.7 Å². The highest BCUT2D eigenvalue weighted by Crippen LogP contribution is 2.35. The second-order valence-electron chi connectivity index (χ2n) is 4.28. The number of thioether (sulfide) groups is 1. The molecule has 0 atom stereocenters. The summed E-state index contributed by atoms with van der Waals surface area (Å²) in [6.07, 6.45) is 0.971. The molecule has 0 radical (unpaired) electrons. The van der Waals surface area contributed by atoms with Crippen molar-refractivity contribution in [3.8, 4) is 0 Å². The first-order valence-electron chi connectivity index (χ1n) is 6.17. The van der Waals surface area contributed by atoms with E-state index in [0.717, 1.165) is 18.7 Å². The number of anilines is 1. The van der Waals surface area contributed by atoms with Crippen molar-refractivity contribution >= 4 is 23.4 Å². The van der Waals surface area contributed by atoms with Crippen molar-refractivity contribution in [2.75, 3.05) is 37.3 Å². The molecule has 1 heterocycles. The van der Waals surface area contributed by atoms with Gasteiger partial charge >= 0.3 is 0 Å². The molecule has 0 aromatic heterocycles. The average molecular weight is 265 g/mol. The van der Waals surface area contributed by atoms with E-state index in [1.807, 2.05) is 11.9 Å². The molecular formula is C13H19N3OS. The average Bonchev–Trinajstić information content (AvgIpc) is 2.39. The SMILES string of the molecule is CNCCc1ccc2c(c1)N(CCN)C(=O)CS2. The number of carbonyl (C=O) groups excluding carboxylic acids is 1. The third-order valence-corrected chi connectivity index (χ3v) is 4.03. The van der Waals surface area contributed by atoms with Crippen LogP contribution in [-0.4, -0.2) is 38.3 Å². The number of nitrogens with two attached hydrogens (primary N) is 1. The van der Waals surface area contributed by atoms with E-state index in [-0.39, 0.29) is 5.91 Å². The van der Waals surface area contributed by atoms with E-state index in [2.05, 4.69) is 23.5 Å². The second kappa shape index (κ2) is 6.22. The quantitative estimate of drug-likeness (QED) is 0.828. The highest BCUT2D eigenvalue weighted by molar-refractivity contribution is 8.00. The van der Waals surface area contributed by atoms with Crippen LogP contribution in [0.25, 0.3) is 0 Å². The maximum atomic E-state index is 11.9. The number of nitrogens with zero attached hydrogens (tertiary/aromatic N) is 1. The Bertz CT molecular complexity index is 436. The number of nitrogens with one attached hydrogen (secondary N) is 1. The Labute approximate surface area is 112 Å². The fourth-order valence-corrected chi connectivity index (χ4v) is 2.96. The van der Waals surface area contributed by atoms with Crippen LogP contribution < -0.4 is 16.0 Å². The lowest BCUT2D eigenvalue weighted by Gasteiger charge is -2.29. The first-order valence-corrected chi connectivity index (χ1v) is 7.15. The van der Waals surface area contributed by atoms with Gasteiger partial charge in [-0.2, -0.15) is 0 Å². The molecule has 0 aliphatic carbocycles. The van der Waals surface area contributed by atoms with Crippen LogP contribution in [0.4, 0.5) is 5.69 Å². The van der Waals surface area contributed by atoms with E-state index in [9.17, 15) is 4.79 Å². The fourth-order valence-electron chi connectivity index (χ4n) is 2.05. The minimum atomic E-state index is 0.156. The fraction of sp³-hybridized carbons (Fsp3) is 0.462. The molecule has 1 aliphatic heterocycles. The Morgan fingerprint density at radius 1 is 1.50 bits per heavy atom. The van der Waals surface area contributed by atoms with E-state index in [4.69, 9.17) is 5.73 Å². The molecule has 0 bridgehead atoms. The van der Waals surface area contributed by atoms with E-state index < -0.39 is 0 Å². The highest BCUT2D eigenvalue weighted by Gasteiger charge is 2.24. The van der Waals surface area contributed by atoms with Crippen LogP contribution in [0, 0.1) is 0 Å². The summed E-state index contributed by atoms with van der Waals surface area (Å²) in [7, 11) is 1.94. The van der Waals surface area contributed by atoms with Gasteiger partial charge in [0.25, 0.3) is 0 Å². The molecule has 2 rings (SSSR count). The third kappa shape index (κ3) is 2.85. The first kappa shape index (κ1) is 13.4. The number of carbonyl (C=O) groups is 1. The van der Waals surface area contributed by atoms with Crippen LogP contribution in [0.3, 0.4) is 0 Å². The standard InChI is InChI=1S/C13H19N3OS/c1-15-6-4-10-2-3-12-11(8-10)16(7-5-14)13(17)9-18-12/h2-3,8,15H,4-7,9,14H2,1H3. The minimum Gasteiger partial charge on any atom is -0.329 e. The van der Waals surface area contributed by atoms with Gasteiger partial charge in [0.2, 0.25) is 5.91 Å². The highest BCUT2D eigenvalue weighted by atomic mass is 32.2. The van der Waals surface area contributed by atoms with Gasteiger partial charge in [0.15, 0.2) is 0 Å². The van der Waals surface area contributed by atoms with Crippen molar-refractivity contribution in [1.82, 2.24) is 5.32 Å². The summed E-state index contributed by atoms with van der Waals surface area (Å²) in [4.78, 5) is 14.9. The summed E-state index contributed by atoms with van der Waals surface area (Å²) in [5, 5.41) is 3.14. The van der Waals surface area contributed by atoms with E-state index in [1.54, 1.807) is 11.8 Å². The Morgan fingerprint density at radius 3 is 3.06 bits per heavy atom. The summed E-state index contributed by atoms with van der Waals surface area (Å²) >= 11 is 1.61. The normalized spacial score (nSPS) is 14.8. The summed E-state index contributed by atoms with van der Waals surface area (Å²) in [6, 6.07) is 6.37. The lowest BCUT2D eigenvalue weighted by atomic mass is 10.1. The zero-order valence-corrected chi connectivity index (χ0v) is 11.4. The number of likely N-dealkylation sites (N-methyl/N-ethyl adjacent to an activating group) is 1.